The molecule has 1 heterocycles. The first-order valence-corrected chi connectivity index (χ1v) is 9.61. The number of rotatable bonds is 7. The smallest absolute Gasteiger partial charge is 0.292 e. The van der Waals surface area contributed by atoms with Gasteiger partial charge in [-0.1, -0.05) is 42.1 Å². The molecule has 0 spiro atoms. The van der Waals surface area contributed by atoms with Gasteiger partial charge in [0.05, 0.1) is 21.1 Å². The molecule has 148 valence electrons. The molecular weight excluding hydrogens is 392 g/mol. The van der Waals surface area contributed by atoms with E-state index in [4.69, 9.17) is 0 Å². The van der Waals surface area contributed by atoms with Gasteiger partial charge in [0.15, 0.2) is 5.16 Å². The number of carbonyl (C=O) groups excluding carboxylic acids is 1. The van der Waals surface area contributed by atoms with E-state index in [-0.39, 0.29) is 23.5 Å². The number of carbonyl (C=O) groups is 1. The third-order valence-corrected chi connectivity index (χ3v) is 5.24. The molecule has 1 N–H and O–H groups in total. The fraction of sp³-hybridized carbons (Fsp3) is 0.150. The molecule has 9 heteroatoms. The first-order valence-electron chi connectivity index (χ1n) is 8.73. The van der Waals surface area contributed by atoms with Crippen LogP contribution in [0.2, 0.25) is 0 Å². The lowest BCUT2D eigenvalue weighted by Crippen LogP contribution is -2.27. The summed E-state index contributed by atoms with van der Waals surface area (Å²) < 4.78 is 1.45. The van der Waals surface area contributed by atoms with Crippen LogP contribution in [0, 0.1) is 10.1 Å². The van der Waals surface area contributed by atoms with Crippen LogP contribution in [0.4, 0.5) is 11.4 Å². The van der Waals surface area contributed by atoms with Crippen LogP contribution in [0.1, 0.15) is 6.92 Å². The molecule has 0 saturated carbocycles. The number of aromatic nitrogens is 2. The highest BCUT2D eigenvalue weighted by molar-refractivity contribution is 8.00. The van der Waals surface area contributed by atoms with E-state index >= 15 is 0 Å². The van der Waals surface area contributed by atoms with Gasteiger partial charge in [0, 0.05) is 12.6 Å². The van der Waals surface area contributed by atoms with Gasteiger partial charge in [-0.05, 0) is 25.1 Å². The number of benzene rings is 2. The summed E-state index contributed by atoms with van der Waals surface area (Å²) in [6.07, 6.45) is 1.58. The molecule has 0 saturated heterocycles. The van der Waals surface area contributed by atoms with Crippen LogP contribution < -0.4 is 10.9 Å². The zero-order chi connectivity index (χ0) is 21.0. The van der Waals surface area contributed by atoms with Crippen molar-refractivity contribution in [2.75, 3.05) is 5.32 Å². The fourth-order valence-corrected chi connectivity index (χ4v) is 3.63. The summed E-state index contributed by atoms with van der Waals surface area (Å²) in [6.45, 7) is 5.57. The molecule has 2 aromatic carbocycles. The molecule has 3 aromatic rings. The van der Waals surface area contributed by atoms with Gasteiger partial charge in [0.25, 0.3) is 11.2 Å². The molecule has 0 aliphatic rings. The number of thioether (sulfide) groups is 1. The molecule has 1 atom stereocenters. The lowest BCUT2D eigenvalue weighted by molar-refractivity contribution is -0.383. The summed E-state index contributed by atoms with van der Waals surface area (Å²) in [5, 5.41) is 13.9. The molecule has 3 rings (SSSR count). The number of hydrogen-bond donors (Lipinski definition) is 1. The van der Waals surface area contributed by atoms with E-state index in [0.29, 0.717) is 16.1 Å². The highest BCUT2D eigenvalue weighted by Gasteiger charge is 2.22. The SMILES string of the molecule is C=CCn1c(S[C@H](C)C(=O)Nc2ccccc2[N+](=O)[O-])nc2ccccc2c1=O. The topological polar surface area (TPSA) is 107 Å². The van der Waals surface area contributed by atoms with Crippen molar-refractivity contribution in [2.24, 2.45) is 0 Å². The fourth-order valence-electron chi connectivity index (χ4n) is 2.71. The Morgan fingerprint density at radius 3 is 2.72 bits per heavy atom. The third-order valence-electron chi connectivity index (χ3n) is 4.15. The van der Waals surface area contributed by atoms with Gasteiger partial charge in [0.2, 0.25) is 5.91 Å². The zero-order valence-electron chi connectivity index (χ0n) is 15.6. The highest BCUT2D eigenvalue weighted by atomic mass is 32.2. The van der Waals surface area contributed by atoms with Crippen molar-refractivity contribution >= 4 is 39.9 Å². The number of amides is 1. The van der Waals surface area contributed by atoms with Crippen molar-refractivity contribution < 1.29 is 9.72 Å². The van der Waals surface area contributed by atoms with E-state index in [1.165, 1.54) is 22.8 Å². The molecule has 1 amide bonds. The number of nitrogens with zero attached hydrogens (tertiary/aromatic N) is 3. The summed E-state index contributed by atoms with van der Waals surface area (Å²) in [5.41, 5.74) is 0.242. The molecule has 0 radical (unpaired) electrons. The molecule has 29 heavy (non-hydrogen) atoms. The lowest BCUT2D eigenvalue weighted by Gasteiger charge is -2.15. The maximum absolute atomic E-state index is 12.8. The van der Waals surface area contributed by atoms with Crippen molar-refractivity contribution in [3.63, 3.8) is 0 Å². The molecule has 0 fully saturated rings. The van der Waals surface area contributed by atoms with Gasteiger partial charge in [-0.2, -0.15) is 0 Å². The van der Waals surface area contributed by atoms with Crippen LogP contribution >= 0.6 is 11.8 Å². The standard InChI is InChI=1S/C20H18N4O4S/c1-3-12-23-19(26)14-8-4-5-9-15(14)22-20(23)29-13(2)18(25)21-16-10-6-7-11-17(16)24(27)28/h3-11,13H,1,12H2,2H3,(H,21,25)/t13-/m1/s1. The quantitative estimate of drug-likeness (QED) is 0.210. The predicted molar refractivity (Wildman–Crippen MR) is 113 cm³/mol. The van der Waals surface area contributed by atoms with Crippen molar-refractivity contribution in [1.29, 1.82) is 0 Å². The van der Waals surface area contributed by atoms with Crippen molar-refractivity contribution in [3.8, 4) is 0 Å². The minimum absolute atomic E-state index is 0.116. The van der Waals surface area contributed by atoms with Gasteiger partial charge < -0.3 is 5.32 Å². The molecule has 0 bridgehead atoms. The number of fused-ring (bicyclic) bond motifs is 1. The van der Waals surface area contributed by atoms with E-state index in [9.17, 15) is 19.7 Å². The molecule has 0 unspecified atom stereocenters. The van der Waals surface area contributed by atoms with Crippen LogP contribution in [0.15, 0.2) is 71.1 Å². The Kier molecular flexibility index (Phi) is 6.08. The van der Waals surface area contributed by atoms with Gasteiger partial charge >= 0.3 is 0 Å². The monoisotopic (exact) mass is 410 g/mol. The molecule has 0 aliphatic heterocycles. The van der Waals surface area contributed by atoms with Crippen molar-refractivity contribution in [3.05, 3.63) is 81.7 Å². The molecule has 1 aromatic heterocycles. The summed E-state index contributed by atoms with van der Waals surface area (Å²) in [6, 6.07) is 12.9. The second-order valence-electron chi connectivity index (χ2n) is 6.14. The molecule has 8 nitrogen and oxygen atoms in total. The Morgan fingerprint density at radius 1 is 1.31 bits per heavy atom. The summed E-state index contributed by atoms with van der Waals surface area (Å²) in [5.74, 6) is -0.433. The van der Waals surface area contributed by atoms with E-state index in [2.05, 4.69) is 16.9 Å². The van der Waals surface area contributed by atoms with Crippen LogP contribution in [-0.2, 0) is 11.3 Å². The maximum Gasteiger partial charge on any atom is 0.292 e. The van der Waals surface area contributed by atoms with Gasteiger partial charge in [-0.25, -0.2) is 4.98 Å². The number of nitro groups is 1. The molecular formula is C20H18N4O4S. The zero-order valence-corrected chi connectivity index (χ0v) is 16.4. The number of anilines is 1. The van der Waals surface area contributed by atoms with Crippen molar-refractivity contribution in [1.82, 2.24) is 9.55 Å². The Morgan fingerprint density at radius 2 is 2.00 bits per heavy atom. The number of para-hydroxylation sites is 3. The van der Waals surface area contributed by atoms with Crippen molar-refractivity contribution in [2.45, 2.75) is 23.9 Å². The van der Waals surface area contributed by atoms with Crippen LogP contribution in [0.25, 0.3) is 10.9 Å². The van der Waals surface area contributed by atoms with Crippen LogP contribution in [0.5, 0.6) is 0 Å². The average Bonchev–Trinajstić information content (AvgIpc) is 2.71. The summed E-state index contributed by atoms with van der Waals surface area (Å²) in [7, 11) is 0. The minimum atomic E-state index is -0.654. The van der Waals surface area contributed by atoms with E-state index in [1.54, 1.807) is 43.3 Å². The normalized spacial score (nSPS) is 11.8. The number of nitrogens with one attached hydrogen (secondary N) is 1. The predicted octanol–water partition coefficient (Wildman–Crippen LogP) is 3.61. The minimum Gasteiger partial charge on any atom is -0.319 e. The van der Waals surface area contributed by atoms with E-state index in [0.717, 1.165) is 11.8 Å². The Balaban J connectivity index is 1.89. The molecule has 0 aliphatic carbocycles. The maximum atomic E-state index is 12.8. The van der Waals surface area contributed by atoms with E-state index < -0.39 is 16.1 Å². The number of allylic oxidation sites excluding steroid dienone is 1. The second-order valence-corrected chi connectivity index (χ2v) is 7.45. The average molecular weight is 410 g/mol. The van der Waals surface area contributed by atoms with E-state index in [1.807, 2.05) is 0 Å². The Bertz CT molecular complexity index is 1160. The first kappa shape index (κ1) is 20.3. The van der Waals surface area contributed by atoms with Gasteiger partial charge in [-0.3, -0.25) is 24.3 Å². The van der Waals surface area contributed by atoms with Crippen LogP contribution in [0.3, 0.4) is 0 Å². The van der Waals surface area contributed by atoms with Gasteiger partial charge in [0.1, 0.15) is 5.69 Å². The Labute approximate surface area is 170 Å². The van der Waals surface area contributed by atoms with Gasteiger partial charge in [-0.15, -0.1) is 6.58 Å². The number of hydrogen-bond acceptors (Lipinski definition) is 6. The highest BCUT2D eigenvalue weighted by Crippen LogP contribution is 2.27. The largest absolute Gasteiger partial charge is 0.319 e. The van der Waals surface area contributed by atoms with Crippen LogP contribution in [-0.4, -0.2) is 25.6 Å². The summed E-state index contributed by atoms with van der Waals surface area (Å²) in [4.78, 5) is 40.5. The second kappa shape index (κ2) is 8.70. The first-order chi connectivity index (χ1) is 13.9. The Hall–Kier alpha value is -3.46. The summed E-state index contributed by atoms with van der Waals surface area (Å²) >= 11 is 1.10. The third kappa shape index (κ3) is 4.35. The lowest BCUT2D eigenvalue weighted by atomic mass is 10.2. The number of nitro benzene ring substituents is 1.